The maximum Gasteiger partial charge on any atom is 0.237 e. The largest absolute Gasteiger partial charge is 0.350 e. The van der Waals surface area contributed by atoms with Gasteiger partial charge in [0.25, 0.3) is 0 Å². The van der Waals surface area contributed by atoms with Crippen LogP contribution in [0, 0.1) is 0 Å². The first kappa shape index (κ1) is 15.0. The van der Waals surface area contributed by atoms with Crippen molar-refractivity contribution >= 4 is 5.91 Å². The first-order valence-electron chi connectivity index (χ1n) is 7.37. The lowest BCUT2D eigenvalue weighted by molar-refractivity contribution is -0.130. The fourth-order valence-corrected chi connectivity index (χ4v) is 2.63. The van der Waals surface area contributed by atoms with Gasteiger partial charge in [-0.05, 0) is 39.3 Å². The van der Waals surface area contributed by atoms with E-state index in [4.69, 9.17) is 0 Å². The van der Waals surface area contributed by atoms with Crippen molar-refractivity contribution in [1.82, 2.24) is 15.2 Å². The number of likely N-dealkylation sites (tertiary alicyclic amines) is 1. The Morgan fingerprint density at radius 1 is 1.45 bits per heavy atom. The van der Waals surface area contributed by atoms with Crippen LogP contribution in [0.25, 0.3) is 0 Å². The molecule has 0 bridgehead atoms. The third kappa shape index (κ3) is 3.57. The number of pyridine rings is 1. The van der Waals surface area contributed by atoms with Crippen molar-refractivity contribution in [2.24, 2.45) is 0 Å². The summed E-state index contributed by atoms with van der Waals surface area (Å²) in [7, 11) is 0. The molecule has 2 rings (SSSR count). The maximum atomic E-state index is 12.3. The minimum atomic E-state index is -0.171. The van der Waals surface area contributed by atoms with Gasteiger partial charge in [-0.2, -0.15) is 0 Å². The Labute approximate surface area is 121 Å². The molecule has 4 nitrogen and oxygen atoms in total. The van der Waals surface area contributed by atoms with Crippen molar-refractivity contribution in [3.8, 4) is 0 Å². The Kier molecular flexibility index (Phi) is 4.43. The third-order valence-corrected chi connectivity index (χ3v) is 3.64. The number of nitrogens with one attached hydrogen (secondary N) is 1. The predicted molar refractivity (Wildman–Crippen MR) is 80.5 cm³/mol. The molecule has 1 N–H and O–H groups in total. The van der Waals surface area contributed by atoms with E-state index in [0.29, 0.717) is 5.92 Å². The molecule has 110 valence electrons. The first-order chi connectivity index (χ1) is 9.40. The average Bonchev–Trinajstić information content (AvgIpc) is 2.31. The topological polar surface area (TPSA) is 45.2 Å². The van der Waals surface area contributed by atoms with E-state index in [1.807, 2.05) is 39.1 Å². The van der Waals surface area contributed by atoms with E-state index in [1.54, 1.807) is 0 Å². The van der Waals surface area contributed by atoms with E-state index in [9.17, 15) is 4.79 Å². The molecule has 1 saturated heterocycles. The van der Waals surface area contributed by atoms with Crippen molar-refractivity contribution in [3.05, 3.63) is 30.1 Å². The molecular formula is C16H25N3O. The minimum absolute atomic E-state index is 0.0193. The molecule has 1 fully saturated rings. The van der Waals surface area contributed by atoms with Gasteiger partial charge in [0.05, 0.1) is 6.04 Å². The van der Waals surface area contributed by atoms with Crippen molar-refractivity contribution in [2.45, 2.75) is 51.6 Å². The van der Waals surface area contributed by atoms with Crippen LogP contribution < -0.4 is 5.32 Å². The van der Waals surface area contributed by atoms with Crippen LogP contribution in [-0.2, 0) is 4.79 Å². The molecule has 0 unspecified atom stereocenters. The summed E-state index contributed by atoms with van der Waals surface area (Å²) in [6.45, 7) is 9.97. The summed E-state index contributed by atoms with van der Waals surface area (Å²) in [6, 6.07) is 6.01. The summed E-state index contributed by atoms with van der Waals surface area (Å²) in [6.07, 6.45) is 2.68. The number of carbonyl (C=O) groups is 1. The lowest BCUT2D eigenvalue weighted by Gasteiger charge is -2.43. The molecule has 1 aliphatic heterocycles. The monoisotopic (exact) mass is 275 g/mol. The van der Waals surface area contributed by atoms with Crippen molar-refractivity contribution in [2.75, 3.05) is 13.1 Å². The molecule has 0 saturated carbocycles. The smallest absolute Gasteiger partial charge is 0.237 e. The second-order valence-corrected chi connectivity index (χ2v) is 6.57. The molecular weight excluding hydrogens is 250 g/mol. The van der Waals surface area contributed by atoms with E-state index >= 15 is 0 Å². The highest BCUT2D eigenvalue weighted by atomic mass is 16.2. The summed E-state index contributed by atoms with van der Waals surface area (Å²) in [5, 5.41) is 3.08. The zero-order valence-electron chi connectivity index (χ0n) is 12.9. The van der Waals surface area contributed by atoms with Gasteiger partial charge in [0, 0.05) is 36.4 Å². The number of hydrogen-bond donors (Lipinski definition) is 1. The Morgan fingerprint density at radius 3 is 2.65 bits per heavy atom. The van der Waals surface area contributed by atoms with Crippen LogP contribution in [0.4, 0.5) is 0 Å². The molecule has 0 aromatic carbocycles. The Hall–Kier alpha value is -1.42. The number of hydrogen-bond acceptors (Lipinski definition) is 3. The molecule has 0 radical (unpaired) electrons. The Bertz CT molecular complexity index is 447. The number of nitrogens with zero attached hydrogens (tertiary/aromatic N) is 2. The standard InChI is InChI=1S/C16H25N3O/c1-5-14(15(20)18-16(2,3)4)19-10-12(11-19)13-8-6-7-9-17-13/h6-9,12,14H,5,10-11H2,1-4H3,(H,18,20)/t14-/m0/s1. The van der Waals surface area contributed by atoms with Gasteiger partial charge in [0.2, 0.25) is 5.91 Å². The number of amides is 1. The first-order valence-corrected chi connectivity index (χ1v) is 7.37. The quantitative estimate of drug-likeness (QED) is 0.916. The molecule has 1 aromatic rings. The van der Waals surface area contributed by atoms with Crippen LogP contribution >= 0.6 is 0 Å². The van der Waals surface area contributed by atoms with E-state index in [0.717, 1.165) is 25.2 Å². The van der Waals surface area contributed by atoms with E-state index < -0.39 is 0 Å². The van der Waals surface area contributed by atoms with E-state index in [-0.39, 0.29) is 17.5 Å². The molecule has 0 aliphatic carbocycles. The lowest BCUT2D eigenvalue weighted by atomic mass is 9.92. The zero-order chi connectivity index (χ0) is 14.8. The SMILES string of the molecule is CC[C@@H](C(=O)NC(C)(C)C)N1CC(c2ccccn2)C1. The van der Waals surface area contributed by atoms with E-state index in [1.165, 1.54) is 0 Å². The highest BCUT2D eigenvalue weighted by Crippen LogP contribution is 2.28. The van der Waals surface area contributed by atoms with Gasteiger partial charge in [-0.15, -0.1) is 0 Å². The fourth-order valence-electron chi connectivity index (χ4n) is 2.63. The third-order valence-electron chi connectivity index (χ3n) is 3.64. The summed E-state index contributed by atoms with van der Waals surface area (Å²) in [5.41, 5.74) is 0.963. The van der Waals surface area contributed by atoms with Crippen LogP contribution in [0.2, 0.25) is 0 Å². The molecule has 20 heavy (non-hydrogen) atoms. The summed E-state index contributed by atoms with van der Waals surface area (Å²) >= 11 is 0. The lowest BCUT2D eigenvalue weighted by Crippen LogP contribution is -2.58. The van der Waals surface area contributed by atoms with Crippen molar-refractivity contribution in [3.63, 3.8) is 0 Å². The van der Waals surface area contributed by atoms with Gasteiger partial charge in [0.1, 0.15) is 0 Å². The maximum absolute atomic E-state index is 12.3. The molecule has 1 amide bonds. The average molecular weight is 275 g/mol. The molecule has 0 spiro atoms. The van der Waals surface area contributed by atoms with Gasteiger partial charge in [-0.25, -0.2) is 0 Å². The van der Waals surface area contributed by atoms with Crippen molar-refractivity contribution < 1.29 is 4.79 Å². The second-order valence-electron chi connectivity index (χ2n) is 6.57. The van der Waals surface area contributed by atoms with Gasteiger partial charge in [-0.3, -0.25) is 14.7 Å². The Morgan fingerprint density at radius 2 is 2.15 bits per heavy atom. The van der Waals surface area contributed by atoms with Crippen LogP contribution in [-0.4, -0.2) is 40.5 Å². The van der Waals surface area contributed by atoms with Crippen LogP contribution in [0.15, 0.2) is 24.4 Å². The van der Waals surface area contributed by atoms with Crippen LogP contribution in [0.3, 0.4) is 0 Å². The van der Waals surface area contributed by atoms with Crippen LogP contribution in [0.5, 0.6) is 0 Å². The van der Waals surface area contributed by atoms with Crippen molar-refractivity contribution in [1.29, 1.82) is 0 Å². The zero-order valence-corrected chi connectivity index (χ0v) is 12.9. The van der Waals surface area contributed by atoms with Crippen LogP contribution in [0.1, 0.15) is 45.7 Å². The Balaban J connectivity index is 1.91. The highest BCUT2D eigenvalue weighted by molar-refractivity contribution is 5.82. The minimum Gasteiger partial charge on any atom is -0.350 e. The normalized spacial score (nSPS) is 18.4. The van der Waals surface area contributed by atoms with E-state index in [2.05, 4.69) is 28.2 Å². The molecule has 1 atom stereocenters. The summed E-state index contributed by atoms with van der Waals surface area (Å²) in [4.78, 5) is 18.9. The molecule has 4 heteroatoms. The highest BCUT2D eigenvalue weighted by Gasteiger charge is 2.37. The van der Waals surface area contributed by atoms with Gasteiger partial charge in [-0.1, -0.05) is 13.0 Å². The molecule has 1 aromatic heterocycles. The second kappa shape index (κ2) is 5.92. The number of rotatable bonds is 4. The summed E-state index contributed by atoms with van der Waals surface area (Å²) < 4.78 is 0. The molecule has 1 aliphatic rings. The fraction of sp³-hybridized carbons (Fsp3) is 0.625. The number of aromatic nitrogens is 1. The predicted octanol–water partition coefficient (Wildman–Crippen LogP) is 2.17. The number of carbonyl (C=O) groups excluding carboxylic acids is 1. The summed E-state index contributed by atoms with van der Waals surface area (Å²) in [5.74, 6) is 0.604. The van der Waals surface area contributed by atoms with Gasteiger partial charge in [0.15, 0.2) is 0 Å². The van der Waals surface area contributed by atoms with Gasteiger partial charge < -0.3 is 5.32 Å². The molecule has 2 heterocycles. The van der Waals surface area contributed by atoms with Gasteiger partial charge >= 0.3 is 0 Å².